The first-order chi connectivity index (χ1) is 14.3. The number of amides is 1. The number of nitrogens with one attached hydrogen (secondary N) is 1. The Morgan fingerprint density at radius 3 is 2.60 bits per heavy atom. The van der Waals surface area contributed by atoms with Crippen molar-refractivity contribution >= 4 is 11.6 Å². The average Bonchev–Trinajstić information content (AvgIpc) is 3.10. The molecule has 0 saturated heterocycles. The van der Waals surface area contributed by atoms with Crippen molar-refractivity contribution in [3.8, 4) is 5.69 Å². The van der Waals surface area contributed by atoms with Crippen molar-refractivity contribution in [3.63, 3.8) is 0 Å². The Bertz CT molecular complexity index is 1010. The van der Waals surface area contributed by atoms with Gasteiger partial charge in [-0.15, -0.1) is 0 Å². The van der Waals surface area contributed by atoms with Gasteiger partial charge in [-0.1, -0.05) is 30.3 Å². The number of benzene rings is 2. The van der Waals surface area contributed by atoms with Gasteiger partial charge in [-0.25, -0.2) is 13.5 Å². The van der Waals surface area contributed by atoms with Crippen LogP contribution in [-0.4, -0.2) is 34.6 Å². The van der Waals surface area contributed by atoms with E-state index in [1.54, 1.807) is 36.0 Å². The third kappa shape index (κ3) is 5.24. The van der Waals surface area contributed by atoms with Crippen LogP contribution in [0.1, 0.15) is 21.6 Å². The van der Waals surface area contributed by atoms with Gasteiger partial charge < -0.3 is 10.1 Å². The highest BCUT2D eigenvalue weighted by Crippen LogP contribution is 2.23. The molecule has 0 aliphatic carbocycles. The lowest BCUT2D eigenvalue weighted by Gasteiger charge is -2.15. The van der Waals surface area contributed by atoms with Crippen LogP contribution < -0.4 is 5.32 Å². The van der Waals surface area contributed by atoms with Gasteiger partial charge in [0.2, 0.25) is 0 Å². The number of hydrogen-bond acceptors (Lipinski definition) is 3. The van der Waals surface area contributed by atoms with E-state index in [1.165, 1.54) is 6.07 Å². The van der Waals surface area contributed by atoms with Crippen molar-refractivity contribution in [1.82, 2.24) is 9.78 Å². The van der Waals surface area contributed by atoms with Crippen LogP contribution >= 0.6 is 0 Å². The van der Waals surface area contributed by atoms with Gasteiger partial charge in [0, 0.05) is 11.9 Å². The van der Waals surface area contributed by atoms with E-state index in [9.17, 15) is 22.4 Å². The number of aryl methyl sites for hydroxylation is 1. The molecule has 2 aromatic carbocycles. The molecular weight excluding hydrogens is 402 g/mol. The fourth-order valence-corrected chi connectivity index (χ4v) is 2.70. The van der Waals surface area contributed by atoms with Gasteiger partial charge in [0.1, 0.15) is 6.61 Å². The molecule has 5 nitrogen and oxygen atoms in total. The van der Waals surface area contributed by atoms with Crippen molar-refractivity contribution in [2.75, 3.05) is 11.9 Å². The quantitative estimate of drug-likeness (QED) is 0.529. The molecule has 0 aliphatic heterocycles. The zero-order valence-electron chi connectivity index (χ0n) is 16.0. The number of rotatable bonds is 8. The number of alkyl halides is 4. The van der Waals surface area contributed by atoms with E-state index in [4.69, 9.17) is 4.74 Å². The second-order valence-electron chi connectivity index (χ2n) is 6.62. The zero-order chi connectivity index (χ0) is 21.7. The summed E-state index contributed by atoms with van der Waals surface area (Å²) in [4.78, 5) is 12.6. The maximum Gasteiger partial charge on any atom is 0.330 e. The summed E-state index contributed by atoms with van der Waals surface area (Å²) in [7, 11) is 0. The number of anilines is 1. The molecule has 0 bridgehead atoms. The Morgan fingerprint density at radius 2 is 1.90 bits per heavy atom. The molecule has 1 heterocycles. The number of carbonyl (C=O) groups is 1. The molecule has 0 spiro atoms. The minimum Gasteiger partial charge on any atom is -0.370 e. The van der Waals surface area contributed by atoms with Crippen molar-refractivity contribution < 1.29 is 27.1 Å². The van der Waals surface area contributed by atoms with Gasteiger partial charge in [0.15, 0.2) is 0 Å². The van der Waals surface area contributed by atoms with Crippen molar-refractivity contribution in [2.45, 2.75) is 25.9 Å². The van der Waals surface area contributed by atoms with E-state index in [1.807, 2.05) is 30.3 Å². The molecule has 1 amide bonds. The Balaban J connectivity index is 1.65. The lowest BCUT2D eigenvalue weighted by molar-refractivity contribution is -0.168. The molecule has 158 valence electrons. The largest absolute Gasteiger partial charge is 0.370 e. The fourth-order valence-electron chi connectivity index (χ4n) is 2.70. The van der Waals surface area contributed by atoms with Crippen LogP contribution in [0.15, 0.2) is 60.8 Å². The van der Waals surface area contributed by atoms with Crippen molar-refractivity contribution in [1.29, 1.82) is 0 Å². The molecule has 3 aromatic rings. The lowest BCUT2D eigenvalue weighted by Crippen LogP contribution is -2.32. The van der Waals surface area contributed by atoms with Crippen LogP contribution in [0.25, 0.3) is 5.69 Å². The summed E-state index contributed by atoms with van der Waals surface area (Å²) >= 11 is 0. The summed E-state index contributed by atoms with van der Waals surface area (Å²) in [5.74, 6) is -4.60. The van der Waals surface area contributed by atoms with Crippen LogP contribution in [-0.2, 0) is 11.3 Å². The number of aromatic nitrogens is 2. The fraction of sp³-hybridized carbons (Fsp3) is 0.238. The summed E-state index contributed by atoms with van der Waals surface area (Å²) in [5.41, 5.74) is 2.57. The normalized spacial score (nSPS) is 11.7. The number of nitrogens with zero attached hydrogens (tertiary/aromatic N) is 2. The molecule has 0 aliphatic rings. The van der Waals surface area contributed by atoms with Gasteiger partial charge in [-0.3, -0.25) is 4.79 Å². The zero-order valence-corrected chi connectivity index (χ0v) is 16.0. The number of para-hydroxylation sites is 1. The number of ether oxygens (including phenoxy) is 1. The molecule has 9 heteroatoms. The molecule has 1 aromatic heterocycles. The van der Waals surface area contributed by atoms with Crippen LogP contribution in [0.4, 0.5) is 23.2 Å². The summed E-state index contributed by atoms with van der Waals surface area (Å²) < 4.78 is 56.5. The van der Waals surface area contributed by atoms with Crippen molar-refractivity contribution in [3.05, 3.63) is 77.6 Å². The maximum atomic E-state index is 12.9. The Morgan fingerprint density at radius 1 is 1.17 bits per heavy atom. The number of hydrogen-bond donors (Lipinski definition) is 1. The first-order valence-electron chi connectivity index (χ1n) is 9.02. The second-order valence-corrected chi connectivity index (χ2v) is 6.62. The van der Waals surface area contributed by atoms with Gasteiger partial charge in [-0.05, 0) is 36.8 Å². The Kier molecular flexibility index (Phi) is 6.51. The highest BCUT2D eigenvalue weighted by Gasteiger charge is 2.40. The molecule has 1 N–H and O–H groups in total. The summed E-state index contributed by atoms with van der Waals surface area (Å²) in [6.07, 6.45) is -2.18. The molecule has 0 fully saturated rings. The Hall–Kier alpha value is -3.20. The highest BCUT2D eigenvalue weighted by atomic mass is 19.3. The minimum absolute atomic E-state index is 0.295. The van der Waals surface area contributed by atoms with Gasteiger partial charge in [0.25, 0.3) is 5.91 Å². The average molecular weight is 421 g/mol. The monoisotopic (exact) mass is 421 g/mol. The molecule has 0 unspecified atom stereocenters. The molecule has 30 heavy (non-hydrogen) atoms. The second kappa shape index (κ2) is 9.08. The van der Waals surface area contributed by atoms with Gasteiger partial charge in [-0.2, -0.15) is 13.9 Å². The van der Waals surface area contributed by atoms with E-state index in [0.29, 0.717) is 22.5 Å². The molecule has 0 saturated carbocycles. The summed E-state index contributed by atoms with van der Waals surface area (Å²) in [6, 6.07) is 15.6. The van der Waals surface area contributed by atoms with Crippen LogP contribution in [0.3, 0.4) is 0 Å². The first-order valence-corrected chi connectivity index (χ1v) is 9.02. The minimum atomic E-state index is -4.21. The Labute approximate surface area is 170 Å². The standard InChI is InChI=1S/C21H19F4N3O2/c1-14-18(11-28(27-14)17-8-3-2-4-9-17)19(29)26-16-7-5-6-15(10-16)12-30-13-21(24,25)20(22)23/h2-11,20H,12-13H2,1H3,(H,26,29). The summed E-state index contributed by atoms with van der Waals surface area (Å²) in [5, 5.41) is 7.06. The molecule has 0 atom stereocenters. The molecule has 0 radical (unpaired) electrons. The van der Waals surface area contributed by atoms with Crippen LogP contribution in [0, 0.1) is 6.92 Å². The third-order valence-corrected chi connectivity index (χ3v) is 4.23. The topological polar surface area (TPSA) is 56.2 Å². The van der Waals surface area contributed by atoms with Gasteiger partial charge in [0.05, 0.1) is 23.6 Å². The van der Waals surface area contributed by atoms with E-state index in [-0.39, 0.29) is 6.61 Å². The summed E-state index contributed by atoms with van der Waals surface area (Å²) in [6.45, 7) is 0.0257. The van der Waals surface area contributed by atoms with E-state index >= 15 is 0 Å². The highest BCUT2D eigenvalue weighted by molar-refractivity contribution is 6.05. The molecular formula is C21H19F4N3O2. The van der Waals surface area contributed by atoms with E-state index in [0.717, 1.165) is 5.69 Å². The predicted molar refractivity (Wildman–Crippen MR) is 103 cm³/mol. The molecule has 3 rings (SSSR count). The third-order valence-electron chi connectivity index (χ3n) is 4.23. The van der Waals surface area contributed by atoms with Crippen LogP contribution in [0.5, 0.6) is 0 Å². The first kappa shape index (κ1) is 21.5. The van der Waals surface area contributed by atoms with Crippen molar-refractivity contribution in [2.24, 2.45) is 0 Å². The maximum absolute atomic E-state index is 12.9. The number of halogens is 4. The van der Waals surface area contributed by atoms with Gasteiger partial charge >= 0.3 is 12.3 Å². The SMILES string of the molecule is Cc1nn(-c2ccccc2)cc1C(=O)Nc1cccc(COCC(F)(F)C(F)F)c1. The predicted octanol–water partition coefficient (Wildman–Crippen LogP) is 4.85. The smallest absolute Gasteiger partial charge is 0.330 e. The van der Waals surface area contributed by atoms with E-state index in [2.05, 4.69) is 10.4 Å². The number of carbonyl (C=O) groups excluding carboxylic acids is 1. The lowest BCUT2D eigenvalue weighted by atomic mass is 10.2. The van der Waals surface area contributed by atoms with E-state index < -0.39 is 24.9 Å². The van der Waals surface area contributed by atoms with Crippen LogP contribution in [0.2, 0.25) is 0 Å².